The molecule has 0 aliphatic heterocycles. The van der Waals surface area contributed by atoms with Crippen LogP contribution in [-0.4, -0.2) is 19.6 Å². The quantitative estimate of drug-likeness (QED) is 0.832. The van der Waals surface area contributed by atoms with Crippen molar-refractivity contribution < 1.29 is 9.53 Å². The average molecular weight is 370 g/mol. The minimum absolute atomic E-state index is 0.148. The molecule has 0 heterocycles. The number of amides is 1. The lowest BCUT2D eigenvalue weighted by Gasteiger charge is -2.10. The van der Waals surface area contributed by atoms with Crippen molar-refractivity contribution in [2.75, 3.05) is 24.3 Å². The van der Waals surface area contributed by atoms with Crippen molar-refractivity contribution in [1.29, 1.82) is 0 Å². The van der Waals surface area contributed by atoms with Gasteiger partial charge in [-0.2, -0.15) is 0 Å². The fourth-order valence-electron chi connectivity index (χ4n) is 1.71. The zero-order valence-electron chi connectivity index (χ0n) is 11.3. The van der Waals surface area contributed by atoms with Gasteiger partial charge in [0.15, 0.2) is 0 Å². The van der Waals surface area contributed by atoms with Crippen LogP contribution in [0.2, 0.25) is 5.02 Å². The van der Waals surface area contributed by atoms with Gasteiger partial charge >= 0.3 is 0 Å². The Hall–Kier alpha value is -1.72. The highest BCUT2D eigenvalue weighted by Crippen LogP contribution is 2.25. The molecule has 0 aliphatic carbocycles. The van der Waals surface area contributed by atoms with Gasteiger partial charge in [0.25, 0.3) is 0 Å². The molecule has 2 aromatic carbocycles. The molecule has 0 radical (unpaired) electrons. The van der Waals surface area contributed by atoms with Gasteiger partial charge in [0.1, 0.15) is 5.75 Å². The van der Waals surface area contributed by atoms with Crippen molar-refractivity contribution in [3.05, 3.63) is 52.0 Å². The number of hydrogen-bond acceptors (Lipinski definition) is 3. The molecule has 0 saturated carbocycles. The molecular formula is C15H14BrClN2O2. The highest BCUT2D eigenvalue weighted by atomic mass is 79.9. The standard InChI is InChI=1S/C15H14BrClN2O2/c1-21-12-4-2-3-11(8-12)19-15(20)9-18-14-6-5-10(17)7-13(14)16/h2-8,18H,9H2,1H3,(H,19,20). The largest absolute Gasteiger partial charge is 0.497 e. The normalized spacial score (nSPS) is 10.0. The summed E-state index contributed by atoms with van der Waals surface area (Å²) in [5.74, 6) is 0.548. The van der Waals surface area contributed by atoms with Crippen molar-refractivity contribution >= 4 is 44.8 Å². The van der Waals surface area contributed by atoms with Gasteiger partial charge in [-0.15, -0.1) is 0 Å². The maximum atomic E-state index is 11.9. The van der Waals surface area contributed by atoms with Crippen LogP contribution in [0.15, 0.2) is 46.9 Å². The zero-order valence-corrected chi connectivity index (χ0v) is 13.7. The number of benzene rings is 2. The second-order valence-corrected chi connectivity index (χ2v) is 5.55. The number of ether oxygens (including phenoxy) is 1. The van der Waals surface area contributed by atoms with E-state index in [1.165, 1.54) is 0 Å². The Morgan fingerprint density at radius 2 is 2.10 bits per heavy atom. The Balaban J connectivity index is 1.92. The molecule has 21 heavy (non-hydrogen) atoms. The maximum absolute atomic E-state index is 11.9. The molecule has 0 aromatic heterocycles. The SMILES string of the molecule is COc1cccc(NC(=O)CNc2ccc(Cl)cc2Br)c1. The smallest absolute Gasteiger partial charge is 0.243 e. The van der Waals surface area contributed by atoms with Crippen molar-refractivity contribution in [2.24, 2.45) is 0 Å². The molecule has 6 heteroatoms. The van der Waals surface area contributed by atoms with E-state index in [2.05, 4.69) is 26.6 Å². The van der Waals surface area contributed by atoms with E-state index in [-0.39, 0.29) is 12.5 Å². The van der Waals surface area contributed by atoms with Crippen molar-refractivity contribution in [1.82, 2.24) is 0 Å². The summed E-state index contributed by atoms with van der Waals surface area (Å²) in [6, 6.07) is 12.5. The number of hydrogen-bond donors (Lipinski definition) is 2. The lowest BCUT2D eigenvalue weighted by Crippen LogP contribution is -2.21. The van der Waals surface area contributed by atoms with E-state index in [0.29, 0.717) is 16.5 Å². The maximum Gasteiger partial charge on any atom is 0.243 e. The predicted molar refractivity (Wildman–Crippen MR) is 89.3 cm³/mol. The Morgan fingerprint density at radius 1 is 1.29 bits per heavy atom. The molecule has 0 spiro atoms. The van der Waals surface area contributed by atoms with E-state index in [4.69, 9.17) is 16.3 Å². The third kappa shape index (κ3) is 4.65. The lowest BCUT2D eigenvalue weighted by molar-refractivity contribution is -0.114. The number of carbonyl (C=O) groups is 1. The molecule has 0 saturated heterocycles. The summed E-state index contributed by atoms with van der Waals surface area (Å²) >= 11 is 9.25. The monoisotopic (exact) mass is 368 g/mol. The van der Waals surface area contributed by atoms with Gasteiger partial charge in [0.2, 0.25) is 5.91 Å². The van der Waals surface area contributed by atoms with Gasteiger partial charge in [0, 0.05) is 26.9 Å². The molecular weight excluding hydrogens is 356 g/mol. The van der Waals surface area contributed by atoms with Crippen molar-refractivity contribution in [2.45, 2.75) is 0 Å². The topological polar surface area (TPSA) is 50.4 Å². The van der Waals surface area contributed by atoms with Crippen LogP contribution in [0.4, 0.5) is 11.4 Å². The van der Waals surface area contributed by atoms with Crippen molar-refractivity contribution in [3.8, 4) is 5.75 Å². The third-order valence-electron chi connectivity index (χ3n) is 2.72. The zero-order chi connectivity index (χ0) is 15.2. The number of rotatable bonds is 5. The van der Waals surface area contributed by atoms with E-state index >= 15 is 0 Å². The molecule has 2 rings (SSSR count). The summed E-state index contributed by atoms with van der Waals surface area (Å²) in [6.07, 6.45) is 0. The first-order chi connectivity index (χ1) is 10.1. The summed E-state index contributed by atoms with van der Waals surface area (Å²) in [6.45, 7) is 0.150. The number of anilines is 2. The summed E-state index contributed by atoms with van der Waals surface area (Å²) in [4.78, 5) is 11.9. The fraction of sp³-hybridized carbons (Fsp3) is 0.133. The minimum Gasteiger partial charge on any atom is -0.497 e. The second-order valence-electron chi connectivity index (χ2n) is 4.26. The van der Waals surface area contributed by atoms with Gasteiger partial charge in [-0.05, 0) is 46.3 Å². The van der Waals surface area contributed by atoms with Crippen molar-refractivity contribution in [3.63, 3.8) is 0 Å². The van der Waals surface area contributed by atoms with E-state index < -0.39 is 0 Å². The molecule has 2 aromatic rings. The molecule has 0 bridgehead atoms. The average Bonchev–Trinajstić information content (AvgIpc) is 2.46. The fourth-order valence-corrected chi connectivity index (χ4v) is 2.54. The van der Waals surface area contributed by atoms with E-state index in [0.717, 1.165) is 10.2 Å². The molecule has 0 atom stereocenters. The molecule has 4 nitrogen and oxygen atoms in total. The first kappa shape index (κ1) is 15.7. The Labute approximate surface area is 136 Å². The Bertz CT molecular complexity index is 649. The number of nitrogens with one attached hydrogen (secondary N) is 2. The summed E-state index contributed by atoms with van der Waals surface area (Å²) in [5, 5.41) is 6.47. The Kier molecular flexibility index (Phi) is 5.47. The highest BCUT2D eigenvalue weighted by Gasteiger charge is 2.05. The van der Waals surface area contributed by atoms with Gasteiger partial charge < -0.3 is 15.4 Å². The highest BCUT2D eigenvalue weighted by molar-refractivity contribution is 9.10. The van der Waals surface area contributed by atoms with Crippen LogP contribution in [-0.2, 0) is 4.79 Å². The van der Waals surface area contributed by atoms with Crippen LogP contribution >= 0.6 is 27.5 Å². The lowest BCUT2D eigenvalue weighted by atomic mass is 10.3. The van der Waals surface area contributed by atoms with Gasteiger partial charge in [0.05, 0.1) is 13.7 Å². The van der Waals surface area contributed by atoms with Crippen LogP contribution in [0.1, 0.15) is 0 Å². The summed E-state index contributed by atoms with van der Waals surface area (Å²) < 4.78 is 5.92. The Morgan fingerprint density at radius 3 is 2.81 bits per heavy atom. The van der Waals surface area contributed by atoms with E-state index in [9.17, 15) is 4.79 Å². The molecule has 0 fully saturated rings. The second kappa shape index (κ2) is 7.33. The van der Waals surface area contributed by atoms with Crippen LogP contribution in [0.25, 0.3) is 0 Å². The van der Waals surface area contributed by atoms with Gasteiger partial charge in [-0.3, -0.25) is 4.79 Å². The minimum atomic E-state index is -0.148. The molecule has 110 valence electrons. The summed E-state index contributed by atoms with van der Waals surface area (Å²) in [5.41, 5.74) is 1.50. The van der Waals surface area contributed by atoms with Crippen LogP contribution < -0.4 is 15.4 Å². The van der Waals surface area contributed by atoms with Gasteiger partial charge in [-0.1, -0.05) is 17.7 Å². The third-order valence-corrected chi connectivity index (χ3v) is 3.62. The first-order valence-corrected chi connectivity index (χ1v) is 7.38. The number of carbonyl (C=O) groups excluding carboxylic acids is 1. The first-order valence-electron chi connectivity index (χ1n) is 6.21. The molecule has 2 N–H and O–H groups in total. The van der Waals surface area contributed by atoms with Crippen LogP contribution in [0.3, 0.4) is 0 Å². The molecule has 0 unspecified atom stereocenters. The van der Waals surface area contributed by atoms with Gasteiger partial charge in [-0.25, -0.2) is 0 Å². The van der Waals surface area contributed by atoms with Crippen LogP contribution in [0.5, 0.6) is 5.75 Å². The van der Waals surface area contributed by atoms with Crippen LogP contribution in [0, 0.1) is 0 Å². The molecule has 0 aliphatic rings. The molecule has 1 amide bonds. The number of halogens is 2. The summed E-state index contributed by atoms with van der Waals surface area (Å²) in [7, 11) is 1.58. The van der Waals surface area contributed by atoms with E-state index in [1.807, 2.05) is 18.2 Å². The van der Waals surface area contributed by atoms with E-state index in [1.54, 1.807) is 31.4 Å². The predicted octanol–water partition coefficient (Wildman–Crippen LogP) is 4.16. The number of methoxy groups -OCH3 is 1.